The number of aromatic nitrogens is 4. The maximum absolute atomic E-state index is 12.1. The van der Waals surface area contributed by atoms with Crippen molar-refractivity contribution in [2.24, 2.45) is 0 Å². The Balaban J connectivity index is 1.93. The average Bonchev–Trinajstić information content (AvgIpc) is 3.03. The zero-order valence-electron chi connectivity index (χ0n) is 15.2. The first-order valence-electron chi connectivity index (χ1n) is 8.41. The average molecular weight is 357 g/mol. The van der Waals surface area contributed by atoms with Gasteiger partial charge in [-0.3, -0.25) is 4.79 Å². The number of nitrogens with zero attached hydrogens (tertiary/aromatic N) is 4. The van der Waals surface area contributed by atoms with Crippen LogP contribution in [0.25, 0.3) is 10.2 Å². The molecule has 0 amide bonds. The lowest BCUT2D eigenvalue weighted by Gasteiger charge is -2.20. The molecule has 0 radical (unpaired) electrons. The molecule has 0 aromatic carbocycles. The van der Waals surface area contributed by atoms with Crippen LogP contribution in [0.3, 0.4) is 0 Å². The maximum Gasteiger partial charge on any atom is 0.268 e. The summed E-state index contributed by atoms with van der Waals surface area (Å²) in [6.07, 6.45) is 0. The molecule has 1 N–H and O–H groups in total. The van der Waals surface area contributed by atoms with Crippen molar-refractivity contribution < 1.29 is 0 Å². The molecule has 0 unspecified atom stereocenters. The number of anilines is 1. The minimum atomic E-state index is -0.0863. The lowest BCUT2D eigenvalue weighted by molar-refractivity contribution is 0.717. The Bertz CT molecular complexity index is 918. The van der Waals surface area contributed by atoms with E-state index in [1.165, 1.54) is 11.3 Å². The van der Waals surface area contributed by atoms with Crippen LogP contribution in [0.4, 0.5) is 5.82 Å². The molecule has 0 saturated heterocycles. The molecular formula is C18H23N5OS. The largest absolute Gasteiger partial charge is 0.352 e. The van der Waals surface area contributed by atoms with Gasteiger partial charge < -0.3 is 9.88 Å². The summed E-state index contributed by atoms with van der Waals surface area (Å²) in [5.41, 5.74) is 1.68. The fourth-order valence-corrected chi connectivity index (χ4v) is 3.25. The standard InChI is InChI=1S/C18H23N5OS/c1-10(2)13-8-15(22-17(20-13)11(3)4)23(5)9-14-19-12-6-7-25-16(12)18(24)21-14/h6-8,10-11H,9H2,1-5H3,(H,19,21,24). The summed E-state index contributed by atoms with van der Waals surface area (Å²) in [4.78, 5) is 30.9. The van der Waals surface area contributed by atoms with E-state index in [1.807, 2.05) is 29.5 Å². The molecule has 0 aliphatic carbocycles. The van der Waals surface area contributed by atoms with Crippen LogP contribution in [0.5, 0.6) is 0 Å². The second kappa shape index (κ2) is 6.92. The third-order valence-electron chi connectivity index (χ3n) is 4.00. The highest BCUT2D eigenvalue weighted by atomic mass is 32.1. The summed E-state index contributed by atoms with van der Waals surface area (Å²) in [5.74, 6) is 2.89. The molecule has 0 aliphatic rings. The van der Waals surface area contributed by atoms with Crippen molar-refractivity contribution >= 4 is 27.4 Å². The van der Waals surface area contributed by atoms with Crippen molar-refractivity contribution in [2.75, 3.05) is 11.9 Å². The maximum atomic E-state index is 12.1. The minimum Gasteiger partial charge on any atom is -0.352 e. The van der Waals surface area contributed by atoms with Gasteiger partial charge in [0.25, 0.3) is 5.56 Å². The van der Waals surface area contributed by atoms with Crippen LogP contribution in [0.1, 0.15) is 56.9 Å². The molecule has 3 aromatic rings. The van der Waals surface area contributed by atoms with E-state index in [1.54, 1.807) is 0 Å². The van der Waals surface area contributed by atoms with E-state index >= 15 is 0 Å². The fourth-order valence-electron chi connectivity index (χ4n) is 2.52. The molecule has 0 spiro atoms. The van der Waals surface area contributed by atoms with E-state index in [-0.39, 0.29) is 11.5 Å². The molecule has 7 heteroatoms. The van der Waals surface area contributed by atoms with Gasteiger partial charge in [-0.2, -0.15) is 0 Å². The molecule has 3 aromatic heterocycles. The van der Waals surface area contributed by atoms with Gasteiger partial charge in [-0.05, 0) is 17.4 Å². The summed E-state index contributed by atoms with van der Waals surface area (Å²) in [7, 11) is 1.95. The summed E-state index contributed by atoms with van der Waals surface area (Å²) in [6, 6.07) is 3.88. The van der Waals surface area contributed by atoms with Gasteiger partial charge in [-0.1, -0.05) is 27.7 Å². The molecule has 0 aliphatic heterocycles. The van der Waals surface area contributed by atoms with Crippen molar-refractivity contribution in [3.8, 4) is 0 Å². The summed E-state index contributed by atoms with van der Waals surface area (Å²) < 4.78 is 0.664. The Hall–Kier alpha value is -2.28. The molecule has 6 nitrogen and oxygen atoms in total. The Morgan fingerprint density at radius 1 is 1.16 bits per heavy atom. The van der Waals surface area contributed by atoms with Crippen molar-refractivity contribution in [3.05, 3.63) is 45.2 Å². The number of hydrogen-bond donors (Lipinski definition) is 1. The predicted octanol–water partition coefficient (Wildman–Crippen LogP) is 3.66. The number of thiophene rings is 1. The van der Waals surface area contributed by atoms with Crippen LogP contribution >= 0.6 is 11.3 Å². The molecule has 132 valence electrons. The van der Waals surface area contributed by atoms with Gasteiger partial charge in [-0.25, -0.2) is 15.0 Å². The summed E-state index contributed by atoms with van der Waals surface area (Å²) in [6.45, 7) is 8.91. The van der Waals surface area contributed by atoms with Crippen LogP contribution in [-0.4, -0.2) is 27.0 Å². The lowest BCUT2D eigenvalue weighted by atomic mass is 10.1. The molecule has 0 fully saturated rings. The monoisotopic (exact) mass is 357 g/mol. The number of aromatic amines is 1. The second-order valence-corrected chi connectivity index (χ2v) is 7.74. The second-order valence-electron chi connectivity index (χ2n) is 6.82. The highest BCUT2D eigenvalue weighted by molar-refractivity contribution is 7.17. The van der Waals surface area contributed by atoms with Crippen molar-refractivity contribution in [3.63, 3.8) is 0 Å². The Morgan fingerprint density at radius 2 is 1.92 bits per heavy atom. The van der Waals surface area contributed by atoms with Crippen LogP contribution in [0, 0.1) is 0 Å². The molecule has 0 saturated carbocycles. The van der Waals surface area contributed by atoms with E-state index in [9.17, 15) is 4.79 Å². The van der Waals surface area contributed by atoms with Crippen molar-refractivity contribution in [1.82, 2.24) is 19.9 Å². The van der Waals surface area contributed by atoms with Crippen LogP contribution in [0.15, 0.2) is 22.3 Å². The molecule has 25 heavy (non-hydrogen) atoms. The van der Waals surface area contributed by atoms with Crippen molar-refractivity contribution in [1.29, 1.82) is 0 Å². The zero-order chi connectivity index (χ0) is 18.1. The van der Waals surface area contributed by atoms with Gasteiger partial charge in [0.05, 0.1) is 12.1 Å². The van der Waals surface area contributed by atoms with E-state index in [0.29, 0.717) is 23.0 Å². The summed E-state index contributed by atoms with van der Waals surface area (Å²) >= 11 is 1.41. The Labute approximate surface area is 151 Å². The zero-order valence-corrected chi connectivity index (χ0v) is 16.0. The van der Waals surface area contributed by atoms with Gasteiger partial charge in [-0.15, -0.1) is 11.3 Å². The quantitative estimate of drug-likeness (QED) is 0.754. The van der Waals surface area contributed by atoms with Gasteiger partial charge >= 0.3 is 0 Å². The van der Waals surface area contributed by atoms with Crippen molar-refractivity contribution in [2.45, 2.75) is 46.1 Å². The Kier molecular flexibility index (Phi) is 4.85. The summed E-state index contributed by atoms with van der Waals surface area (Å²) in [5, 5.41) is 1.88. The van der Waals surface area contributed by atoms with E-state index in [2.05, 4.69) is 47.6 Å². The minimum absolute atomic E-state index is 0.0863. The van der Waals surface area contributed by atoms with E-state index in [4.69, 9.17) is 0 Å². The van der Waals surface area contributed by atoms with Gasteiger partial charge in [0.2, 0.25) is 0 Å². The normalized spacial score (nSPS) is 11.6. The molecule has 3 heterocycles. The molecule has 3 rings (SSSR count). The Morgan fingerprint density at radius 3 is 2.60 bits per heavy atom. The lowest BCUT2D eigenvalue weighted by Crippen LogP contribution is -2.23. The smallest absolute Gasteiger partial charge is 0.268 e. The third kappa shape index (κ3) is 3.71. The third-order valence-corrected chi connectivity index (χ3v) is 4.90. The first-order valence-corrected chi connectivity index (χ1v) is 9.29. The number of rotatable bonds is 5. The van der Waals surface area contributed by atoms with E-state index < -0.39 is 0 Å². The highest BCUT2D eigenvalue weighted by Crippen LogP contribution is 2.22. The first kappa shape index (κ1) is 17.5. The topological polar surface area (TPSA) is 74.8 Å². The van der Waals surface area contributed by atoms with Crippen LogP contribution < -0.4 is 10.5 Å². The van der Waals surface area contributed by atoms with Gasteiger partial charge in [0.1, 0.15) is 22.2 Å². The SMILES string of the molecule is CC(C)c1cc(N(C)Cc2nc3ccsc3c(=O)[nH]2)nc(C(C)C)n1. The molecule has 0 bridgehead atoms. The number of hydrogen-bond acceptors (Lipinski definition) is 6. The van der Waals surface area contributed by atoms with Gasteiger partial charge in [0, 0.05) is 24.7 Å². The fraction of sp³-hybridized carbons (Fsp3) is 0.444. The first-order chi connectivity index (χ1) is 11.8. The van der Waals surface area contributed by atoms with E-state index in [0.717, 1.165) is 22.9 Å². The van der Waals surface area contributed by atoms with Gasteiger partial charge in [0.15, 0.2) is 0 Å². The van der Waals surface area contributed by atoms with Crippen LogP contribution in [-0.2, 0) is 6.54 Å². The highest BCUT2D eigenvalue weighted by Gasteiger charge is 2.14. The number of H-pyrrole nitrogens is 1. The molecule has 0 atom stereocenters. The predicted molar refractivity (Wildman–Crippen MR) is 103 cm³/mol. The number of nitrogens with one attached hydrogen (secondary N) is 1. The number of fused-ring (bicyclic) bond motifs is 1. The molecular weight excluding hydrogens is 334 g/mol. The van der Waals surface area contributed by atoms with Crippen LogP contribution in [0.2, 0.25) is 0 Å².